The Morgan fingerprint density at radius 1 is 0.900 bits per heavy atom. The average molecular weight is 276 g/mol. The Bertz CT molecular complexity index is 345. The zero-order valence-electron chi connectivity index (χ0n) is 12.4. The maximum atomic E-state index is 12.8. The van der Waals surface area contributed by atoms with E-state index >= 15 is 0 Å². The fourth-order valence-electron chi connectivity index (χ4n) is 5.81. The van der Waals surface area contributed by atoms with Crippen molar-refractivity contribution in [1.82, 2.24) is 10.6 Å². The SMILES string of the molecule is O=C(NC1CCCNCC1)C1C2CC3CC(C2)CC1C3. The Morgan fingerprint density at radius 3 is 2.30 bits per heavy atom. The molecule has 20 heavy (non-hydrogen) atoms. The number of nitrogens with one attached hydrogen (secondary N) is 2. The minimum atomic E-state index is 0.360. The average Bonchev–Trinajstić information content (AvgIpc) is 2.66. The minimum Gasteiger partial charge on any atom is -0.353 e. The maximum Gasteiger partial charge on any atom is 0.223 e. The van der Waals surface area contributed by atoms with E-state index in [1.54, 1.807) is 0 Å². The fraction of sp³-hybridized carbons (Fsp3) is 0.941. The number of hydrogen-bond acceptors (Lipinski definition) is 2. The monoisotopic (exact) mass is 276 g/mol. The summed E-state index contributed by atoms with van der Waals surface area (Å²) in [5.41, 5.74) is 0. The zero-order valence-corrected chi connectivity index (χ0v) is 12.4. The molecule has 0 aromatic carbocycles. The molecule has 5 rings (SSSR count). The normalized spacial score (nSPS) is 47.0. The van der Waals surface area contributed by atoms with Crippen molar-refractivity contribution in [2.24, 2.45) is 29.6 Å². The molecule has 4 saturated carbocycles. The van der Waals surface area contributed by atoms with E-state index < -0.39 is 0 Å². The van der Waals surface area contributed by atoms with Crippen molar-refractivity contribution >= 4 is 5.91 Å². The van der Waals surface area contributed by atoms with Crippen molar-refractivity contribution in [3.8, 4) is 0 Å². The van der Waals surface area contributed by atoms with Gasteiger partial charge in [0, 0.05) is 12.0 Å². The largest absolute Gasteiger partial charge is 0.353 e. The number of amides is 1. The van der Waals surface area contributed by atoms with E-state index in [9.17, 15) is 4.79 Å². The van der Waals surface area contributed by atoms with Gasteiger partial charge in [-0.15, -0.1) is 0 Å². The first-order chi connectivity index (χ1) is 9.79. The highest BCUT2D eigenvalue weighted by Gasteiger charge is 2.50. The van der Waals surface area contributed by atoms with Crippen LogP contribution in [0.4, 0.5) is 0 Å². The van der Waals surface area contributed by atoms with Gasteiger partial charge in [-0.05, 0) is 88.1 Å². The third-order valence-corrected chi connectivity index (χ3v) is 6.45. The van der Waals surface area contributed by atoms with Gasteiger partial charge in [0.15, 0.2) is 0 Å². The summed E-state index contributed by atoms with van der Waals surface area (Å²) < 4.78 is 0. The van der Waals surface area contributed by atoms with E-state index in [1.807, 2.05) is 0 Å². The first-order valence-corrected chi connectivity index (χ1v) is 8.80. The van der Waals surface area contributed by atoms with Crippen LogP contribution in [0.3, 0.4) is 0 Å². The molecule has 1 aliphatic heterocycles. The van der Waals surface area contributed by atoms with Gasteiger partial charge in [0.05, 0.1) is 0 Å². The molecule has 0 aromatic rings. The van der Waals surface area contributed by atoms with Crippen molar-refractivity contribution in [3.05, 3.63) is 0 Å². The van der Waals surface area contributed by atoms with Gasteiger partial charge in [-0.2, -0.15) is 0 Å². The van der Waals surface area contributed by atoms with Crippen LogP contribution in [0, 0.1) is 29.6 Å². The Labute approximate surface area is 122 Å². The van der Waals surface area contributed by atoms with Gasteiger partial charge in [-0.1, -0.05) is 0 Å². The standard InChI is InChI=1S/C17H28N2O/c20-17(19-15-2-1-4-18-5-3-15)16-13-7-11-6-12(9-13)10-14(16)8-11/h11-16,18H,1-10H2,(H,19,20). The second-order valence-electron chi connectivity index (χ2n) is 7.84. The van der Waals surface area contributed by atoms with Crippen LogP contribution in [-0.2, 0) is 4.79 Å². The first-order valence-electron chi connectivity index (χ1n) is 8.80. The molecule has 1 saturated heterocycles. The molecule has 112 valence electrons. The van der Waals surface area contributed by atoms with Gasteiger partial charge < -0.3 is 10.6 Å². The van der Waals surface area contributed by atoms with Gasteiger partial charge in [0.25, 0.3) is 0 Å². The second kappa shape index (κ2) is 5.32. The zero-order chi connectivity index (χ0) is 13.5. The molecule has 0 radical (unpaired) electrons. The number of hydrogen-bond donors (Lipinski definition) is 2. The molecule has 3 nitrogen and oxygen atoms in total. The summed E-state index contributed by atoms with van der Waals surface area (Å²) in [6.45, 7) is 2.18. The molecule has 5 fully saturated rings. The van der Waals surface area contributed by atoms with Gasteiger partial charge >= 0.3 is 0 Å². The first kappa shape index (κ1) is 13.1. The molecular weight excluding hydrogens is 248 g/mol. The summed E-state index contributed by atoms with van der Waals surface area (Å²) in [5, 5.41) is 6.84. The lowest BCUT2D eigenvalue weighted by atomic mass is 9.51. The summed E-state index contributed by atoms with van der Waals surface area (Å²) in [4.78, 5) is 12.8. The quantitative estimate of drug-likeness (QED) is 0.812. The van der Waals surface area contributed by atoms with Crippen LogP contribution in [0.25, 0.3) is 0 Å². The summed E-state index contributed by atoms with van der Waals surface area (Å²) in [7, 11) is 0. The van der Waals surface area contributed by atoms with Crippen LogP contribution in [0.2, 0.25) is 0 Å². The highest BCUT2D eigenvalue weighted by atomic mass is 16.2. The third kappa shape index (κ3) is 2.38. The van der Waals surface area contributed by atoms with Gasteiger partial charge in [0.1, 0.15) is 0 Å². The van der Waals surface area contributed by atoms with E-state index in [2.05, 4.69) is 10.6 Å². The molecule has 3 heteroatoms. The summed E-state index contributed by atoms with van der Waals surface area (Å²) in [6.07, 6.45) is 10.3. The fourth-order valence-corrected chi connectivity index (χ4v) is 5.81. The highest BCUT2D eigenvalue weighted by Crippen LogP contribution is 2.56. The van der Waals surface area contributed by atoms with E-state index in [0.717, 1.165) is 49.6 Å². The minimum absolute atomic E-state index is 0.360. The lowest BCUT2D eigenvalue weighted by Gasteiger charge is -2.53. The molecule has 4 aliphatic carbocycles. The van der Waals surface area contributed by atoms with Crippen LogP contribution in [-0.4, -0.2) is 25.0 Å². The Hall–Kier alpha value is -0.570. The molecule has 1 heterocycles. The molecule has 0 spiro atoms. The van der Waals surface area contributed by atoms with Gasteiger partial charge in [-0.3, -0.25) is 4.79 Å². The van der Waals surface area contributed by atoms with Crippen LogP contribution in [0.1, 0.15) is 51.4 Å². The van der Waals surface area contributed by atoms with Gasteiger partial charge in [0.2, 0.25) is 5.91 Å². The molecular formula is C17H28N2O. The van der Waals surface area contributed by atoms with Crippen molar-refractivity contribution in [1.29, 1.82) is 0 Å². The Kier molecular flexibility index (Phi) is 3.49. The van der Waals surface area contributed by atoms with Crippen LogP contribution >= 0.6 is 0 Å². The Morgan fingerprint density at radius 2 is 1.60 bits per heavy atom. The smallest absolute Gasteiger partial charge is 0.223 e. The predicted molar refractivity (Wildman–Crippen MR) is 79.2 cm³/mol. The van der Waals surface area contributed by atoms with Crippen LogP contribution < -0.4 is 10.6 Å². The summed E-state index contributed by atoms with van der Waals surface area (Å²) in [5.74, 6) is 4.13. The van der Waals surface area contributed by atoms with Crippen LogP contribution in [0.15, 0.2) is 0 Å². The lowest BCUT2D eigenvalue weighted by molar-refractivity contribution is -0.138. The topological polar surface area (TPSA) is 41.1 Å². The molecule has 0 aromatic heterocycles. The molecule has 1 amide bonds. The molecule has 2 N–H and O–H groups in total. The predicted octanol–water partition coefficient (Wildman–Crippen LogP) is 2.32. The van der Waals surface area contributed by atoms with Crippen molar-refractivity contribution in [2.45, 2.75) is 57.4 Å². The number of carbonyl (C=O) groups is 1. The molecule has 1 unspecified atom stereocenters. The van der Waals surface area contributed by atoms with Gasteiger partial charge in [-0.25, -0.2) is 0 Å². The number of carbonyl (C=O) groups excluding carboxylic acids is 1. The molecule has 1 atom stereocenters. The van der Waals surface area contributed by atoms with Crippen molar-refractivity contribution in [2.75, 3.05) is 13.1 Å². The third-order valence-electron chi connectivity index (χ3n) is 6.45. The van der Waals surface area contributed by atoms with Crippen molar-refractivity contribution < 1.29 is 4.79 Å². The highest BCUT2D eigenvalue weighted by molar-refractivity contribution is 5.80. The van der Waals surface area contributed by atoms with E-state index in [4.69, 9.17) is 0 Å². The molecule has 4 bridgehead atoms. The van der Waals surface area contributed by atoms with E-state index in [0.29, 0.717) is 17.9 Å². The van der Waals surface area contributed by atoms with Crippen LogP contribution in [0.5, 0.6) is 0 Å². The number of rotatable bonds is 2. The van der Waals surface area contributed by atoms with Crippen molar-refractivity contribution in [3.63, 3.8) is 0 Å². The molecule has 5 aliphatic rings. The van der Waals surface area contributed by atoms with E-state index in [1.165, 1.54) is 38.5 Å². The summed E-state index contributed by atoms with van der Waals surface area (Å²) >= 11 is 0. The maximum absolute atomic E-state index is 12.8. The Balaban J connectivity index is 1.40. The lowest BCUT2D eigenvalue weighted by Crippen LogP contribution is -2.52. The second-order valence-corrected chi connectivity index (χ2v) is 7.84. The summed E-state index contributed by atoms with van der Waals surface area (Å²) in [6, 6.07) is 0.426. The van der Waals surface area contributed by atoms with E-state index in [-0.39, 0.29) is 0 Å².